The van der Waals surface area contributed by atoms with Crippen molar-refractivity contribution in [1.82, 2.24) is 0 Å². The van der Waals surface area contributed by atoms with Crippen LogP contribution in [0.1, 0.15) is 37.8 Å². The summed E-state index contributed by atoms with van der Waals surface area (Å²) < 4.78 is 13.0. The number of ketones is 1. The van der Waals surface area contributed by atoms with E-state index in [0.717, 1.165) is 11.1 Å². The Morgan fingerprint density at radius 1 is 1.38 bits per heavy atom. The zero-order valence-corrected chi connectivity index (χ0v) is 10.2. The van der Waals surface area contributed by atoms with Gasteiger partial charge in [-0.15, -0.1) is 0 Å². The first-order valence-corrected chi connectivity index (χ1v) is 5.75. The van der Waals surface area contributed by atoms with Crippen molar-refractivity contribution in [2.45, 2.75) is 40.0 Å². The van der Waals surface area contributed by atoms with Crippen LogP contribution in [0.2, 0.25) is 0 Å². The molecule has 0 radical (unpaired) electrons. The van der Waals surface area contributed by atoms with Gasteiger partial charge in [-0.3, -0.25) is 4.79 Å². The maximum atomic E-state index is 13.0. The van der Waals surface area contributed by atoms with E-state index in [9.17, 15) is 9.18 Å². The van der Waals surface area contributed by atoms with Crippen molar-refractivity contribution in [2.75, 3.05) is 0 Å². The first-order valence-electron chi connectivity index (χ1n) is 5.75. The molecular formula is C14H19FO. The minimum absolute atomic E-state index is 0.225. The van der Waals surface area contributed by atoms with Gasteiger partial charge in [0, 0.05) is 12.8 Å². The van der Waals surface area contributed by atoms with Crippen LogP contribution in [0.25, 0.3) is 0 Å². The van der Waals surface area contributed by atoms with E-state index < -0.39 is 0 Å². The van der Waals surface area contributed by atoms with Crippen molar-refractivity contribution < 1.29 is 9.18 Å². The van der Waals surface area contributed by atoms with Gasteiger partial charge in [-0.05, 0) is 42.5 Å². The van der Waals surface area contributed by atoms with E-state index in [2.05, 4.69) is 0 Å². The highest BCUT2D eigenvalue weighted by Crippen LogP contribution is 2.13. The van der Waals surface area contributed by atoms with Crippen LogP contribution in [-0.2, 0) is 11.2 Å². The van der Waals surface area contributed by atoms with Crippen molar-refractivity contribution in [3.05, 3.63) is 35.1 Å². The van der Waals surface area contributed by atoms with Crippen molar-refractivity contribution in [3.8, 4) is 0 Å². The minimum atomic E-state index is -0.225. The largest absolute Gasteiger partial charge is 0.300 e. The molecule has 0 atom stereocenters. The Kier molecular flexibility index (Phi) is 4.66. The van der Waals surface area contributed by atoms with Crippen molar-refractivity contribution >= 4 is 5.78 Å². The monoisotopic (exact) mass is 222 g/mol. The molecule has 16 heavy (non-hydrogen) atoms. The number of aryl methyl sites for hydroxylation is 2. The van der Waals surface area contributed by atoms with E-state index >= 15 is 0 Å². The zero-order chi connectivity index (χ0) is 12.1. The summed E-state index contributed by atoms with van der Waals surface area (Å²) in [4.78, 5) is 11.5. The quantitative estimate of drug-likeness (QED) is 0.742. The summed E-state index contributed by atoms with van der Waals surface area (Å²) in [6.45, 7) is 6.01. The van der Waals surface area contributed by atoms with Crippen LogP contribution in [0.3, 0.4) is 0 Å². The fourth-order valence-corrected chi connectivity index (χ4v) is 1.74. The number of rotatable bonds is 5. The lowest BCUT2D eigenvalue weighted by Gasteiger charge is -2.06. The van der Waals surface area contributed by atoms with Gasteiger partial charge in [0.05, 0.1) is 0 Å². The van der Waals surface area contributed by atoms with E-state index in [1.165, 1.54) is 12.1 Å². The van der Waals surface area contributed by atoms with Gasteiger partial charge in [-0.2, -0.15) is 0 Å². The smallest absolute Gasteiger partial charge is 0.133 e. The molecule has 0 saturated heterocycles. The molecule has 0 amide bonds. The van der Waals surface area contributed by atoms with Gasteiger partial charge in [0.15, 0.2) is 0 Å². The second-order valence-electron chi connectivity index (χ2n) is 4.71. The summed E-state index contributed by atoms with van der Waals surface area (Å²) in [5.41, 5.74) is 2.00. The first-order chi connectivity index (χ1) is 7.49. The highest BCUT2D eigenvalue weighted by atomic mass is 19.1. The average molecular weight is 222 g/mol. The predicted octanol–water partition coefficient (Wildman–Crippen LogP) is 3.68. The van der Waals surface area contributed by atoms with Gasteiger partial charge < -0.3 is 0 Å². The Hall–Kier alpha value is -1.18. The fourth-order valence-electron chi connectivity index (χ4n) is 1.74. The molecule has 0 spiro atoms. The molecule has 0 aliphatic heterocycles. The van der Waals surface area contributed by atoms with Crippen molar-refractivity contribution in [3.63, 3.8) is 0 Å². The van der Waals surface area contributed by atoms with Crippen LogP contribution in [0.4, 0.5) is 4.39 Å². The highest BCUT2D eigenvalue weighted by molar-refractivity contribution is 5.78. The summed E-state index contributed by atoms with van der Waals surface area (Å²) in [6, 6.07) is 4.74. The van der Waals surface area contributed by atoms with E-state index in [4.69, 9.17) is 0 Å². The normalized spacial score (nSPS) is 10.8. The summed E-state index contributed by atoms with van der Waals surface area (Å²) in [6.07, 6.45) is 1.78. The van der Waals surface area contributed by atoms with Crippen molar-refractivity contribution in [2.24, 2.45) is 5.92 Å². The second kappa shape index (κ2) is 5.78. The Labute approximate surface area is 96.7 Å². The molecule has 0 aliphatic carbocycles. The number of halogens is 1. The maximum absolute atomic E-state index is 13.0. The molecule has 1 aromatic carbocycles. The number of hydrogen-bond acceptors (Lipinski definition) is 1. The lowest BCUT2D eigenvalue weighted by atomic mass is 9.99. The lowest BCUT2D eigenvalue weighted by Crippen LogP contribution is -2.05. The molecule has 1 rings (SSSR count). The van der Waals surface area contributed by atoms with Crippen LogP contribution in [0, 0.1) is 18.7 Å². The molecule has 2 heteroatoms. The van der Waals surface area contributed by atoms with Gasteiger partial charge in [0.2, 0.25) is 0 Å². The third-order valence-electron chi connectivity index (χ3n) is 2.62. The van der Waals surface area contributed by atoms with E-state index in [-0.39, 0.29) is 11.6 Å². The third kappa shape index (κ3) is 4.13. The van der Waals surface area contributed by atoms with Crippen LogP contribution in [-0.4, -0.2) is 5.78 Å². The minimum Gasteiger partial charge on any atom is -0.300 e. The third-order valence-corrected chi connectivity index (χ3v) is 2.62. The Balaban J connectivity index is 2.54. The van der Waals surface area contributed by atoms with E-state index in [1.807, 2.05) is 20.8 Å². The molecule has 1 aromatic rings. The van der Waals surface area contributed by atoms with Gasteiger partial charge in [-0.1, -0.05) is 19.9 Å². The number of Topliss-reactive ketones (excluding diaryl/α,β-unsaturated/α-hetero) is 1. The molecule has 1 nitrogen and oxygen atoms in total. The second-order valence-corrected chi connectivity index (χ2v) is 4.71. The zero-order valence-electron chi connectivity index (χ0n) is 10.2. The summed E-state index contributed by atoms with van der Waals surface area (Å²) >= 11 is 0. The molecule has 0 aliphatic rings. The first kappa shape index (κ1) is 12.9. The summed E-state index contributed by atoms with van der Waals surface area (Å²) in [5, 5.41) is 0. The van der Waals surface area contributed by atoms with Crippen LogP contribution >= 0.6 is 0 Å². The lowest BCUT2D eigenvalue weighted by molar-refractivity contribution is -0.119. The van der Waals surface area contributed by atoms with Crippen molar-refractivity contribution in [1.29, 1.82) is 0 Å². The fraction of sp³-hybridized carbons (Fsp3) is 0.500. The Morgan fingerprint density at radius 3 is 2.69 bits per heavy atom. The molecule has 0 heterocycles. The van der Waals surface area contributed by atoms with Gasteiger partial charge in [0.1, 0.15) is 11.6 Å². The standard InChI is InChI=1S/C14H19FO/c1-10(2)8-14(16)7-5-12-9-13(15)6-4-11(12)3/h4,6,9-10H,5,7-8H2,1-3H3. The Bertz CT molecular complexity index is 369. The van der Waals surface area contributed by atoms with Gasteiger partial charge >= 0.3 is 0 Å². The Morgan fingerprint density at radius 2 is 2.06 bits per heavy atom. The number of carbonyl (C=O) groups excluding carboxylic acids is 1. The SMILES string of the molecule is Cc1ccc(F)cc1CCC(=O)CC(C)C. The van der Waals surface area contributed by atoms with E-state index in [1.54, 1.807) is 6.07 Å². The number of carbonyl (C=O) groups is 1. The highest BCUT2D eigenvalue weighted by Gasteiger charge is 2.07. The van der Waals surface area contributed by atoms with E-state index in [0.29, 0.717) is 25.2 Å². The predicted molar refractivity (Wildman–Crippen MR) is 63.9 cm³/mol. The van der Waals surface area contributed by atoms with Gasteiger partial charge in [0.25, 0.3) is 0 Å². The molecule has 0 unspecified atom stereocenters. The summed E-state index contributed by atoms with van der Waals surface area (Å²) in [5.74, 6) is 0.441. The maximum Gasteiger partial charge on any atom is 0.133 e. The topological polar surface area (TPSA) is 17.1 Å². The summed E-state index contributed by atoms with van der Waals surface area (Å²) in [7, 11) is 0. The molecule has 0 aromatic heterocycles. The molecule has 0 fully saturated rings. The molecule has 88 valence electrons. The van der Waals surface area contributed by atoms with Gasteiger partial charge in [-0.25, -0.2) is 4.39 Å². The van der Waals surface area contributed by atoms with Crippen LogP contribution in [0.15, 0.2) is 18.2 Å². The average Bonchev–Trinajstić information content (AvgIpc) is 2.18. The molecule has 0 bridgehead atoms. The van der Waals surface area contributed by atoms with Crippen LogP contribution in [0.5, 0.6) is 0 Å². The number of benzene rings is 1. The molecule has 0 N–H and O–H groups in total. The number of hydrogen-bond donors (Lipinski definition) is 0. The molecule has 0 saturated carbocycles. The molecular weight excluding hydrogens is 203 g/mol. The van der Waals surface area contributed by atoms with Crippen LogP contribution < -0.4 is 0 Å².